The lowest BCUT2D eigenvalue weighted by Gasteiger charge is -2.39. The lowest BCUT2D eigenvalue weighted by Crippen LogP contribution is -2.55. The Bertz CT molecular complexity index is 1930. The number of rotatable bonds is 11. The number of likely N-dealkylation sites (N-methyl/N-ethyl adjacent to an activating group) is 1. The Labute approximate surface area is 321 Å². The molecule has 1 saturated heterocycles. The first-order valence-corrected chi connectivity index (χ1v) is 19.4. The van der Waals surface area contributed by atoms with Gasteiger partial charge in [0, 0.05) is 54.9 Å². The van der Waals surface area contributed by atoms with Gasteiger partial charge < -0.3 is 14.4 Å². The highest BCUT2D eigenvalue weighted by molar-refractivity contribution is 7.89. The smallest absolute Gasteiger partial charge is 0.326 e. The number of amides is 3. The van der Waals surface area contributed by atoms with Crippen LogP contribution in [0.2, 0.25) is 10.0 Å². The summed E-state index contributed by atoms with van der Waals surface area (Å²) in [6, 6.07) is 15.8. The standard InChI is InChI=1S/C37H46Cl2N6O7S/c1-8-52-29-22-30(50-6)31(53(48,49)41-37(2,3)4)21-28(29)35-40-33(24-9-13-26(38)14-10-24)34(25-11-15-27(39)16-12-25)45(35)36(47)44-19-17-43(18-20-44)23-32(46)42(5)51-7/h9-16,21-22,33-34,41H,8,17-20,23H2,1-7H3/t33-,34+/m0/s1. The van der Waals surface area contributed by atoms with E-state index in [4.69, 9.17) is 42.5 Å². The first kappa shape index (κ1) is 40.3. The number of amidine groups is 1. The molecule has 2 aliphatic rings. The summed E-state index contributed by atoms with van der Waals surface area (Å²) in [5.41, 5.74) is 1.02. The summed E-state index contributed by atoms with van der Waals surface area (Å²) in [4.78, 5) is 43.0. The number of hydroxylamine groups is 2. The number of aliphatic imine (C=N–C) groups is 1. The molecule has 0 radical (unpaired) electrons. The molecule has 5 rings (SSSR count). The van der Waals surface area contributed by atoms with Gasteiger partial charge in [-0.1, -0.05) is 47.5 Å². The Kier molecular flexibility index (Phi) is 12.6. The van der Waals surface area contributed by atoms with Crippen LogP contribution < -0.4 is 14.2 Å². The summed E-state index contributed by atoms with van der Waals surface area (Å²) in [6.07, 6.45) is 0. The number of benzene rings is 3. The van der Waals surface area contributed by atoms with Gasteiger partial charge in [0.2, 0.25) is 10.0 Å². The molecular formula is C37H46Cl2N6O7S. The summed E-state index contributed by atoms with van der Waals surface area (Å²) in [7, 11) is 0.224. The monoisotopic (exact) mass is 788 g/mol. The maximum atomic E-state index is 15.0. The third-order valence-electron chi connectivity index (χ3n) is 8.86. The van der Waals surface area contributed by atoms with Crippen LogP contribution in [-0.4, -0.2) is 112 Å². The molecule has 13 nitrogen and oxygen atoms in total. The second-order valence-electron chi connectivity index (χ2n) is 13.7. The fourth-order valence-electron chi connectivity index (χ4n) is 6.32. The van der Waals surface area contributed by atoms with Gasteiger partial charge in [-0.2, -0.15) is 0 Å². The van der Waals surface area contributed by atoms with Crippen molar-refractivity contribution in [1.82, 2.24) is 24.5 Å². The number of hydrogen-bond acceptors (Lipinski definition) is 9. The van der Waals surface area contributed by atoms with Crippen LogP contribution in [0.25, 0.3) is 0 Å². The zero-order valence-electron chi connectivity index (χ0n) is 30.9. The first-order valence-electron chi connectivity index (χ1n) is 17.2. The van der Waals surface area contributed by atoms with E-state index in [-0.39, 0.29) is 52.9 Å². The van der Waals surface area contributed by atoms with Gasteiger partial charge in [0.1, 0.15) is 28.3 Å². The van der Waals surface area contributed by atoms with E-state index in [2.05, 4.69) is 4.72 Å². The Morgan fingerprint density at radius 2 is 1.51 bits per heavy atom. The Hall–Kier alpha value is -3.92. The molecule has 2 aliphatic heterocycles. The molecule has 1 N–H and O–H groups in total. The maximum absolute atomic E-state index is 15.0. The van der Waals surface area contributed by atoms with Gasteiger partial charge >= 0.3 is 6.03 Å². The number of methoxy groups -OCH3 is 1. The van der Waals surface area contributed by atoms with Crippen molar-refractivity contribution in [2.75, 3.05) is 60.6 Å². The van der Waals surface area contributed by atoms with E-state index >= 15 is 4.79 Å². The number of carbonyl (C=O) groups excluding carboxylic acids is 2. The van der Waals surface area contributed by atoms with Gasteiger partial charge in [0.25, 0.3) is 5.91 Å². The number of carbonyl (C=O) groups is 2. The molecule has 0 unspecified atom stereocenters. The molecule has 0 bridgehead atoms. The van der Waals surface area contributed by atoms with E-state index in [0.29, 0.717) is 36.2 Å². The molecule has 16 heteroatoms. The van der Waals surface area contributed by atoms with Crippen LogP contribution in [0.3, 0.4) is 0 Å². The van der Waals surface area contributed by atoms with Crippen molar-refractivity contribution in [2.24, 2.45) is 4.99 Å². The summed E-state index contributed by atoms with van der Waals surface area (Å²) in [5.74, 6) is 0.364. The molecule has 2 atom stereocenters. The van der Waals surface area contributed by atoms with Crippen molar-refractivity contribution in [3.63, 3.8) is 0 Å². The van der Waals surface area contributed by atoms with Crippen molar-refractivity contribution in [1.29, 1.82) is 0 Å². The van der Waals surface area contributed by atoms with E-state index < -0.39 is 27.6 Å². The molecule has 2 heterocycles. The van der Waals surface area contributed by atoms with Crippen molar-refractivity contribution >= 4 is 51.0 Å². The van der Waals surface area contributed by atoms with Gasteiger partial charge in [0.15, 0.2) is 0 Å². The van der Waals surface area contributed by atoms with Crippen LogP contribution in [0.4, 0.5) is 4.79 Å². The molecule has 0 spiro atoms. The zero-order chi connectivity index (χ0) is 38.7. The topological polar surface area (TPSA) is 133 Å². The number of halogens is 2. The highest BCUT2D eigenvalue weighted by Gasteiger charge is 2.45. The summed E-state index contributed by atoms with van der Waals surface area (Å²) >= 11 is 12.6. The Morgan fingerprint density at radius 3 is 2.04 bits per heavy atom. The third-order valence-corrected chi connectivity index (χ3v) is 11.1. The predicted octanol–water partition coefficient (Wildman–Crippen LogP) is 5.78. The van der Waals surface area contributed by atoms with Crippen LogP contribution in [-0.2, 0) is 19.7 Å². The normalized spacial score (nSPS) is 18.2. The van der Waals surface area contributed by atoms with Crippen LogP contribution in [0.5, 0.6) is 11.5 Å². The third kappa shape index (κ3) is 9.25. The van der Waals surface area contributed by atoms with Crippen LogP contribution in [0.15, 0.2) is 70.6 Å². The molecule has 0 aromatic heterocycles. The highest BCUT2D eigenvalue weighted by atomic mass is 35.5. The predicted molar refractivity (Wildman–Crippen MR) is 204 cm³/mol. The Morgan fingerprint density at radius 1 is 0.925 bits per heavy atom. The lowest BCUT2D eigenvalue weighted by molar-refractivity contribution is -0.170. The molecule has 1 fully saturated rings. The minimum Gasteiger partial charge on any atom is -0.495 e. The molecule has 3 aromatic carbocycles. The van der Waals surface area contributed by atoms with E-state index in [1.165, 1.54) is 31.4 Å². The number of piperazine rings is 1. The minimum absolute atomic E-state index is 0.0683. The summed E-state index contributed by atoms with van der Waals surface area (Å²) in [5, 5.41) is 2.23. The number of urea groups is 1. The molecule has 53 heavy (non-hydrogen) atoms. The van der Waals surface area contributed by atoms with Gasteiger partial charge in [-0.3, -0.25) is 24.4 Å². The number of nitrogens with zero attached hydrogens (tertiary/aromatic N) is 5. The van der Waals surface area contributed by atoms with Gasteiger partial charge in [0.05, 0.1) is 39.0 Å². The average Bonchev–Trinajstić information content (AvgIpc) is 3.51. The van der Waals surface area contributed by atoms with E-state index in [0.717, 1.165) is 11.1 Å². The maximum Gasteiger partial charge on any atom is 0.326 e. The summed E-state index contributed by atoms with van der Waals surface area (Å²) < 4.78 is 42.2. The molecular weight excluding hydrogens is 743 g/mol. The van der Waals surface area contributed by atoms with Crippen molar-refractivity contribution in [2.45, 2.75) is 50.2 Å². The van der Waals surface area contributed by atoms with Crippen molar-refractivity contribution < 1.29 is 32.3 Å². The molecule has 3 aromatic rings. The number of ether oxygens (including phenoxy) is 2. The first-order chi connectivity index (χ1) is 25.1. The summed E-state index contributed by atoms with van der Waals surface area (Å²) in [6.45, 7) is 8.94. The van der Waals surface area contributed by atoms with Crippen LogP contribution >= 0.6 is 23.2 Å². The Balaban J connectivity index is 1.68. The number of hydrogen-bond donors (Lipinski definition) is 1. The van der Waals surface area contributed by atoms with Crippen LogP contribution in [0.1, 0.15) is 56.5 Å². The largest absolute Gasteiger partial charge is 0.495 e. The lowest BCUT2D eigenvalue weighted by atomic mass is 9.93. The van der Waals surface area contributed by atoms with E-state index in [1.54, 1.807) is 61.9 Å². The molecule has 0 aliphatic carbocycles. The SMILES string of the molecule is CCOc1cc(OC)c(S(=O)(=O)NC(C)(C)C)cc1C1=N[C@@H](c2ccc(Cl)cc2)[C@@H](c2ccc(Cl)cc2)N1C(=O)N1CCN(CC(=O)N(C)OC)CC1. The van der Waals surface area contributed by atoms with E-state index in [1.807, 2.05) is 36.1 Å². The van der Waals surface area contributed by atoms with Gasteiger partial charge in [-0.05, 0) is 69.2 Å². The average molecular weight is 790 g/mol. The van der Waals surface area contributed by atoms with Gasteiger partial charge in [-0.25, -0.2) is 23.0 Å². The van der Waals surface area contributed by atoms with Crippen molar-refractivity contribution in [3.05, 3.63) is 87.4 Å². The zero-order valence-corrected chi connectivity index (χ0v) is 33.3. The highest BCUT2D eigenvalue weighted by Crippen LogP contribution is 2.46. The van der Waals surface area contributed by atoms with Gasteiger partial charge in [-0.15, -0.1) is 0 Å². The fourth-order valence-corrected chi connectivity index (χ4v) is 8.16. The second kappa shape index (κ2) is 16.6. The second-order valence-corrected chi connectivity index (χ2v) is 16.2. The minimum atomic E-state index is -4.14. The fraction of sp³-hybridized carbons (Fsp3) is 0.432. The molecule has 286 valence electrons. The molecule has 0 saturated carbocycles. The quantitative estimate of drug-likeness (QED) is 0.242. The van der Waals surface area contributed by atoms with Crippen molar-refractivity contribution in [3.8, 4) is 11.5 Å². The van der Waals surface area contributed by atoms with Crippen LogP contribution in [0, 0.1) is 0 Å². The molecule has 3 amide bonds. The van der Waals surface area contributed by atoms with E-state index in [9.17, 15) is 13.2 Å². The number of nitrogens with one attached hydrogen (secondary N) is 1. The number of sulfonamides is 1.